The normalized spacial score (nSPS) is 10.6. The van der Waals surface area contributed by atoms with Gasteiger partial charge in [-0.25, -0.2) is 4.98 Å². The summed E-state index contributed by atoms with van der Waals surface area (Å²) in [6, 6.07) is 3.33. The summed E-state index contributed by atoms with van der Waals surface area (Å²) in [5.41, 5.74) is 0.667. The van der Waals surface area contributed by atoms with Gasteiger partial charge in [-0.05, 0) is 19.2 Å². The summed E-state index contributed by atoms with van der Waals surface area (Å²) >= 11 is 11.7. The Balaban J connectivity index is 2.65. The lowest BCUT2D eigenvalue weighted by Gasteiger charge is -2.15. The van der Waals surface area contributed by atoms with Crippen LogP contribution in [0.2, 0.25) is 10.2 Å². The number of nitrogens with one attached hydrogen (secondary N) is 1. The maximum absolute atomic E-state index is 11.1. The largest absolute Gasteiger partial charge is 0.358 e. The molecule has 0 spiro atoms. The van der Waals surface area contributed by atoms with Crippen LogP contribution in [0.15, 0.2) is 12.1 Å². The molecule has 0 saturated carbocycles. The van der Waals surface area contributed by atoms with Crippen molar-refractivity contribution in [2.75, 3.05) is 20.6 Å². The minimum absolute atomic E-state index is 0.0550. The van der Waals surface area contributed by atoms with Crippen molar-refractivity contribution in [2.45, 2.75) is 6.54 Å². The van der Waals surface area contributed by atoms with E-state index in [1.807, 2.05) is 11.9 Å². The monoisotopic (exact) mass is 261 g/mol. The molecule has 16 heavy (non-hydrogen) atoms. The number of hydrogen-bond acceptors (Lipinski definition) is 3. The molecular weight excluding hydrogens is 249 g/mol. The van der Waals surface area contributed by atoms with Crippen LogP contribution in [0.25, 0.3) is 0 Å². The van der Waals surface area contributed by atoms with E-state index in [2.05, 4.69) is 10.3 Å². The van der Waals surface area contributed by atoms with E-state index in [1.54, 1.807) is 19.2 Å². The van der Waals surface area contributed by atoms with Gasteiger partial charge in [0, 0.05) is 13.6 Å². The van der Waals surface area contributed by atoms with E-state index in [-0.39, 0.29) is 5.91 Å². The molecule has 0 aliphatic rings. The van der Waals surface area contributed by atoms with Gasteiger partial charge in [0.15, 0.2) is 0 Å². The Bertz CT molecular complexity index is 384. The molecule has 88 valence electrons. The second-order valence-corrected chi connectivity index (χ2v) is 4.20. The Labute approximate surface area is 105 Å². The van der Waals surface area contributed by atoms with Crippen molar-refractivity contribution in [1.29, 1.82) is 0 Å². The van der Waals surface area contributed by atoms with Crippen LogP contribution in [0.5, 0.6) is 0 Å². The third-order valence-corrected chi connectivity index (χ3v) is 2.55. The van der Waals surface area contributed by atoms with Crippen LogP contribution in [0.4, 0.5) is 0 Å². The topological polar surface area (TPSA) is 45.2 Å². The molecule has 1 N–H and O–H groups in total. The molecule has 1 heterocycles. The van der Waals surface area contributed by atoms with E-state index >= 15 is 0 Å². The summed E-state index contributed by atoms with van der Waals surface area (Å²) < 4.78 is 0. The highest BCUT2D eigenvalue weighted by molar-refractivity contribution is 6.32. The summed E-state index contributed by atoms with van der Waals surface area (Å²) in [6.45, 7) is 0.772. The van der Waals surface area contributed by atoms with E-state index in [0.717, 1.165) is 0 Å². The highest BCUT2D eigenvalue weighted by atomic mass is 35.5. The SMILES string of the molecule is CNC(=O)CN(C)Cc1nc(Cl)ccc1Cl. The number of nitrogens with zero attached hydrogens (tertiary/aromatic N) is 2. The fourth-order valence-electron chi connectivity index (χ4n) is 1.20. The summed E-state index contributed by atoms with van der Waals surface area (Å²) in [5, 5.41) is 3.49. The molecule has 6 heteroatoms. The van der Waals surface area contributed by atoms with E-state index in [1.165, 1.54) is 0 Å². The Kier molecular flexibility index (Phi) is 4.99. The second-order valence-electron chi connectivity index (χ2n) is 3.41. The number of carbonyl (C=O) groups is 1. The van der Waals surface area contributed by atoms with Gasteiger partial charge in [-0.1, -0.05) is 23.2 Å². The van der Waals surface area contributed by atoms with Gasteiger partial charge >= 0.3 is 0 Å². The van der Waals surface area contributed by atoms with Crippen molar-refractivity contribution in [3.8, 4) is 0 Å². The maximum atomic E-state index is 11.1. The van der Waals surface area contributed by atoms with Gasteiger partial charge < -0.3 is 5.32 Å². The molecule has 0 unspecified atom stereocenters. The number of aromatic nitrogens is 1. The fraction of sp³-hybridized carbons (Fsp3) is 0.400. The minimum atomic E-state index is -0.0550. The molecular formula is C10H13Cl2N3O. The van der Waals surface area contributed by atoms with Gasteiger partial charge in [0.2, 0.25) is 5.91 Å². The van der Waals surface area contributed by atoms with E-state index in [4.69, 9.17) is 23.2 Å². The number of rotatable bonds is 4. The standard InChI is InChI=1S/C10H13Cl2N3O/c1-13-10(16)6-15(2)5-8-7(11)3-4-9(12)14-8/h3-4H,5-6H2,1-2H3,(H,13,16). The Hall–Kier alpha value is -0.840. The first-order chi connectivity index (χ1) is 7.52. The first-order valence-corrected chi connectivity index (χ1v) is 5.48. The van der Waals surface area contributed by atoms with Gasteiger partial charge in [0.25, 0.3) is 0 Å². The lowest BCUT2D eigenvalue weighted by molar-refractivity contribution is -0.121. The zero-order valence-electron chi connectivity index (χ0n) is 9.13. The van der Waals surface area contributed by atoms with E-state index in [9.17, 15) is 4.79 Å². The first kappa shape index (κ1) is 13.2. The predicted octanol–water partition coefficient (Wildman–Crippen LogP) is 1.57. The third-order valence-electron chi connectivity index (χ3n) is 2.00. The number of likely N-dealkylation sites (N-methyl/N-ethyl adjacent to an activating group) is 2. The summed E-state index contributed by atoms with van der Waals surface area (Å²) in [5.74, 6) is -0.0550. The van der Waals surface area contributed by atoms with Crippen molar-refractivity contribution >= 4 is 29.1 Å². The highest BCUT2D eigenvalue weighted by Crippen LogP contribution is 2.17. The van der Waals surface area contributed by atoms with Crippen LogP contribution in [0.3, 0.4) is 0 Å². The Morgan fingerprint density at radius 1 is 1.50 bits per heavy atom. The number of amides is 1. The smallest absolute Gasteiger partial charge is 0.233 e. The number of carbonyl (C=O) groups excluding carboxylic acids is 1. The zero-order chi connectivity index (χ0) is 12.1. The van der Waals surface area contributed by atoms with Crippen molar-refractivity contribution in [3.63, 3.8) is 0 Å². The molecule has 1 rings (SSSR count). The van der Waals surface area contributed by atoms with Crippen LogP contribution in [-0.2, 0) is 11.3 Å². The number of halogens is 2. The molecule has 0 bridgehead atoms. The van der Waals surface area contributed by atoms with Crippen molar-refractivity contribution in [2.24, 2.45) is 0 Å². The molecule has 1 aromatic heterocycles. The molecule has 0 fully saturated rings. The molecule has 4 nitrogen and oxygen atoms in total. The van der Waals surface area contributed by atoms with Crippen molar-refractivity contribution < 1.29 is 4.79 Å². The van der Waals surface area contributed by atoms with Gasteiger partial charge in [0.1, 0.15) is 5.15 Å². The van der Waals surface area contributed by atoms with Gasteiger partial charge in [-0.2, -0.15) is 0 Å². The van der Waals surface area contributed by atoms with Crippen LogP contribution in [-0.4, -0.2) is 36.4 Å². The fourth-order valence-corrected chi connectivity index (χ4v) is 1.53. The average Bonchev–Trinajstić information content (AvgIpc) is 2.23. The summed E-state index contributed by atoms with van der Waals surface area (Å²) in [4.78, 5) is 17.0. The Morgan fingerprint density at radius 3 is 2.81 bits per heavy atom. The minimum Gasteiger partial charge on any atom is -0.358 e. The van der Waals surface area contributed by atoms with E-state index < -0.39 is 0 Å². The van der Waals surface area contributed by atoms with Crippen molar-refractivity contribution in [1.82, 2.24) is 15.2 Å². The first-order valence-electron chi connectivity index (χ1n) is 4.73. The van der Waals surface area contributed by atoms with E-state index in [0.29, 0.717) is 29.0 Å². The molecule has 1 amide bonds. The van der Waals surface area contributed by atoms with Crippen LogP contribution in [0.1, 0.15) is 5.69 Å². The molecule has 0 atom stereocenters. The van der Waals surface area contributed by atoms with Crippen LogP contribution >= 0.6 is 23.2 Å². The van der Waals surface area contributed by atoms with Gasteiger partial charge in [-0.3, -0.25) is 9.69 Å². The molecule has 0 aliphatic heterocycles. The molecule has 1 aromatic rings. The predicted molar refractivity (Wildman–Crippen MR) is 64.7 cm³/mol. The molecule has 0 saturated heterocycles. The summed E-state index contributed by atoms with van der Waals surface area (Å²) in [7, 11) is 3.41. The summed E-state index contributed by atoms with van der Waals surface area (Å²) in [6.07, 6.45) is 0. The second kappa shape index (κ2) is 6.03. The van der Waals surface area contributed by atoms with Gasteiger partial charge in [-0.15, -0.1) is 0 Å². The number of pyridine rings is 1. The average molecular weight is 262 g/mol. The molecule has 0 aromatic carbocycles. The molecule has 0 radical (unpaired) electrons. The maximum Gasteiger partial charge on any atom is 0.233 e. The third kappa shape index (κ3) is 3.96. The molecule has 0 aliphatic carbocycles. The quantitative estimate of drug-likeness (QED) is 0.838. The lowest BCUT2D eigenvalue weighted by Crippen LogP contribution is -2.32. The van der Waals surface area contributed by atoms with Crippen molar-refractivity contribution in [3.05, 3.63) is 28.0 Å². The Morgan fingerprint density at radius 2 is 2.19 bits per heavy atom. The van der Waals surface area contributed by atoms with Gasteiger partial charge in [0.05, 0.1) is 17.3 Å². The lowest BCUT2D eigenvalue weighted by atomic mass is 10.3. The highest BCUT2D eigenvalue weighted by Gasteiger charge is 2.09. The zero-order valence-corrected chi connectivity index (χ0v) is 10.6. The van der Waals surface area contributed by atoms with Crippen LogP contribution < -0.4 is 5.32 Å². The number of hydrogen-bond donors (Lipinski definition) is 1. The van der Waals surface area contributed by atoms with Crippen LogP contribution in [0, 0.1) is 0 Å².